The Kier molecular flexibility index (Phi) is 28.1. The molecule has 0 aliphatic heterocycles. The van der Waals surface area contributed by atoms with E-state index in [4.69, 9.17) is 47.4 Å². The van der Waals surface area contributed by atoms with Crippen LogP contribution in [0.2, 0.25) is 0 Å². The molecule has 428 valence electrons. The Balaban J connectivity index is 1.14. The Hall–Kier alpha value is -8.99. The van der Waals surface area contributed by atoms with Crippen LogP contribution in [0.5, 0.6) is 34.5 Å². The summed E-state index contributed by atoms with van der Waals surface area (Å²) in [7, 11) is 0. The van der Waals surface area contributed by atoms with Gasteiger partial charge in [-0.25, -0.2) is 33.6 Å². The Bertz CT molecular complexity index is 2820. The summed E-state index contributed by atoms with van der Waals surface area (Å²) in [5.41, 5.74) is 1.03. The van der Waals surface area contributed by atoms with Crippen LogP contribution >= 0.6 is 0 Å². The molecule has 0 aliphatic rings. The number of esters is 7. The number of rotatable bonds is 38. The van der Waals surface area contributed by atoms with Crippen molar-refractivity contribution in [1.82, 2.24) is 0 Å². The van der Waals surface area contributed by atoms with Gasteiger partial charge in [0.2, 0.25) is 0 Å². The van der Waals surface area contributed by atoms with Crippen LogP contribution < -0.4 is 28.4 Å². The zero-order chi connectivity index (χ0) is 57.9. The molecule has 0 saturated carbocycles. The SMILES string of the molecule is C=CC(=O)OCCCCCCCCOc1ccc(C(=O)Oc2ccc(OC(=O)c3ccc(OCCCCCCCCOC(=O)C=C)cc3)c(C(=O)OCc3ccc(OC(=O)c4ccc(OCCCCOC(=O)C=C)cc4)cc3)c2)cc1. The molecule has 5 aromatic rings. The van der Waals surface area contributed by atoms with Crippen molar-refractivity contribution in [2.75, 3.05) is 39.6 Å². The quantitative estimate of drug-likeness (QED) is 0.0118. The van der Waals surface area contributed by atoms with E-state index in [2.05, 4.69) is 19.7 Å². The average molecular weight is 1110 g/mol. The summed E-state index contributed by atoms with van der Waals surface area (Å²) in [5, 5.41) is 0. The Morgan fingerprint density at radius 3 is 1.05 bits per heavy atom. The highest BCUT2D eigenvalue weighted by Crippen LogP contribution is 2.29. The number of carbonyl (C=O) groups excluding carboxylic acids is 7. The normalized spacial score (nSPS) is 10.5. The maximum absolute atomic E-state index is 13.8. The van der Waals surface area contributed by atoms with Crippen LogP contribution in [0.4, 0.5) is 0 Å². The summed E-state index contributed by atoms with van der Waals surface area (Å²) >= 11 is 0. The minimum absolute atomic E-state index is 0.0214. The fraction of sp³-hybridized carbons (Fsp3) is 0.328. The summed E-state index contributed by atoms with van der Waals surface area (Å²) in [6, 6.07) is 29.6. The highest BCUT2D eigenvalue weighted by Gasteiger charge is 2.21. The molecule has 0 atom stereocenters. The van der Waals surface area contributed by atoms with Crippen LogP contribution in [0.15, 0.2) is 153 Å². The molecule has 5 rings (SSSR count). The number of carbonyl (C=O) groups is 7. The molecular formula is C64H70O17. The number of benzene rings is 5. The molecule has 0 radical (unpaired) electrons. The molecule has 0 aliphatic carbocycles. The van der Waals surface area contributed by atoms with Crippen LogP contribution in [-0.2, 0) is 39.9 Å². The largest absolute Gasteiger partial charge is 0.494 e. The minimum Gasteiger partial charge on any atom is -0.494 e. The molecule has 17 heteroatoms. The average Bonchev–Trinajstić information content (AvgIpc) is 3.50. The second-order valence-electron chi connectivity index (χ2n) is 18.2. The molecule has 0 bridgehead atoms. The summed E-state index contributed by atoms with van der Waals surface area (Å²) < 4.78 is 55.1. The molecule has 0 amide bonds. The molecule has 81 heavy (non-hydrogen) atoms. The predicted octanol–water partition coefficient (Wildman–Crippen LogP) is 12.5. The van der Waals surface area contributed by atoms with Crippen LogP contribution in [0, 0.1) is 0 Å². The maximum Gasteiger partial charge on any atom is 0.343 e. The summed E-state index contributed by atoms with van der Waals surface area (Å²) in [6.45, 7) is 12.3. The number of ether oxygens (including phenoxy) is 10. The van der Waals surface area contributed by atoms with Gasteiger partial charge in [0.05, 0.1) is 56.3 Å². The lowest BCUT2D eigenvalue weighted by Crippen LogP contribution is -2.14. The number of unbranched alkanes of at least 4 members (excludes halogenated alkanes) is 11. The third-order valence-electron chi connectivity index (χ3n) is 12.0. The molecule has 0 unspecified atom stereocenters. The maximum atomic E-state index is 13.8. The van der Waals surface area contributed by atoms with Crippen molar-refractivity contribution in [3.63, 3.8) is 0 Å². The van der Waals surface area contributed by atoms with E-state index in [1.165, 1.54) is 18.2 Å². The first-order valence-electron chi connectivity index (χ1n) is 27.1. The monoisotopic (exact) mass is 1110 g/mol. The van der Waals surface area contributed by atoms with Gasteiger partial charge in [-0.1, -0.05) is 83.2 Å². The first-order valence-corrected chi connectivity index (χ1v) is 27.1. The molecule has 0 fully saturated rings. The van der Waals surface area contributed by atoms with Crippen molar-refractivity contribution in [2.45, 2.75) is 96.5 Å². The third kappa shape index (κ3) is 24.3. The van der Waals surface area contributed by atoms with Gasteiger partial charge in [0, 0.05) is 18.2 Å². The molecule has 0 heterocycles. The second-order valence-corrected chi connectivity index (χ2v) is 18.2. The van der Waals surface area contributed by atoms with Crippen molar-refractivity contribution < 1.29 is 80.9 Å². The van der Waals surface area contributed by atoms with E-state index in [0.29, 0.717) is 68.7 Å². The van der Waals surface area contributed by atoms with Crippen LogP contribution in [-0.4, -0.2) is 81.4 Å². The zero-order valence-electron chi connectivity index (χ0n) is 45.6. The highest BCUT2D eigenvalue weighted by molar-refractivity contribution is 5.97. The van der Waals surface area contributed by atoms with Gasteiger partial charge in [-0.2, -0.15) is 0 Å². The summed E-state index contributed by atoms with van der Waals surface area (Å²) in [4.78, 5) is 87.1. The summed E-state index contributed by atoms with van der Waals surface area (Å²) in [5.74, 6) is -2.51. The lowest BCUT2D eigenvalue weighted by molar-refractivity contribution is -0.138. The fourth-order valence-corrected chi connectivity index (χ4v) is 7.55. The van der Waals surface area contributed by atoms with E-state index in [0.717, 1.165) is 95.3 Å². The molecule has 0 N–H and O–H groups in total. The molecule has 5 aromatic carbocycles. The lowest BCUT2D eigenvalue weighted by atomic mass is 10.1. The van der Waals surface area contributed by atoms with Crippen molar-refractivity contribution in [2.24, 2.45) is 0 Å². The number of hydrogen-bond donors (Lipinski definition) is 0. The first kappa shape index (κ1) is 62.8. The molecule has 0 spiro atoms. The van der Waals surface area contributed by atoms with E-state index in [9.17, 15) is 33.6 Å². The van der Waals surface area contributed by atoms with Gasteiger partial charge >= 0.3 is 41.8 Å². The fourth-order valence-electron chi connectivity index (χ4n) is 7.55. The second kappa shape index (κ2) is 36.2. The van der Waals surface area contributed by atoms with E-state index in [-0.39, 0.29) is 52.7 Å². The third-order valence-corrected chi connectivity index (χ3v) is 12.0. The Labute approximate surface area is 472 Å². The highest BCUT2D eigenvalue weighted by atomic mass is 16.6. The standard InChI is InChI=1S/C64H70O17/c1-4-58(65)75-42-17-13-9-7-11-15-39-72-51-33-25-49(26-34-51)62(69)80-55-37-38-57(81-63(70)50-27-35-52(36-28-50)73-40-16-12-8-10-14-18-43-76-59(66)5-2)56(45-55)64(71)78-46-47-21-29-54(30-22-47)79-61(68)48-23-31-53(32-24-48)74-41-19-20-44-77-60(67)6-3/h4-6,21-38,45H,1-3,7-20,39-44,46H2. The summed E-state index contributed by atoms with van der Waals surface area (Å²) in [6.07, 6.45) is 15.9. The van der Waals surface area contributed by atoms with Gasteiger partial charge in [-0.05, 0) is 147 Å². The molecule has 17 nitrogen and oxygen atoms in total. The minimum atomic E-state index is -0.890. The van der Waals surface area contributed by atoms with Gasteiger partial charge in [0.15, 0.2) is 0 Å². The van der Waals surface area contributed by atoms with Crippen molar-refractivity contribution in [3.05, 3.63) is 181 Å². The van der Waals surface area contributed by atoms with E-state index < -0.39 is 41.8 Å². The van der Waals surface area contributed by atoms with Crippen LogP contribution in [0.1, 0.15) is 137 Å². The van der Waals surface area contributed by atoms with Gasteiger partial charge in [-0.3, -0.25) is 0 Å². The Morgan fingerprint density at radius 1 is 0.321 bits per heavy atom. The van der Waals surface area contributed by atoms with Crippen molar-refractivity contribution >= 4 is 41.8 Å². The number of hydrogen-bond acceptors (Lipinski definition) is 17. The van der Waals surface area contributed by atoms with Gasteiger partial charge in [0.25, 0.3) is 0 Å². The molecular weight excluding hydrogens is 1040 g/mol. The van der Waals surface area contributed by atoms with Crippen LogP contribution in [0.25, 0.3) is 0 Å². The molecule has 0 saturated heterocycles. The smallest absolute Gasteiger partial charge is 0.343 e. The topological polar surface area (TPSA) is 212 Å². The lowest BCUT2D eigenvalue weighted by Gasteiger charge is -2.13. The first-order chi connectivity index (χ1) is 39.4. The van der Waals surface area contributed by atoms with Crippen molar-refractivity contribution in [3.8, 4) is 34.5 Å². The van der Waals surface area contributed by atoms with Crippen molar-refractivity contribution in [1.29, 1.82) is 0 Å². The van der Waals surface area contributed by atoms with E-state index in [1.807, 2.05) is 0 Å². The van der Waals surface area contributed by atoms with Crippen LogP contribution in [0.3, 0.4) is 0 Å². The van der Waals surface area contributed by atoms with Gasteiger partial charge in [0.1, 0.15) is 46.7 Å². The van der Waals surface area contributed by atoms with Gasteiger partial charge < -0.3 is 47.4 Å². The van der Waals surface area contributed by atoms with E-state index >= 15 is 0 Å². The van der Waals surface area contributed by atoms with E-state index in [1.54, 1.807) is 97.1 Å². The zero-order valence-corrected chi connectivity index (χ0v) is 45.6. The van der Waals surface area contributed by atoms with Gasteiger partial charge in [-0.15, -0.1) is 0 Å². The predicted molar refractivity (Wildman–Crippen MR) is 301 cm³/mol. The Morgan fingerprint density at radius 2 is 0.642 bits per heavy atom. The molecule has 0 aromatic heterocycles.